The molecule has 0 spiro atoms. The maximum atomic E-state index is 12.2. The summed E-state index contributed by atoms with van der Waals surface area (Å²) in [4.78, 5) is 14.4. The quantitative estimate of drug-likeness (QED) is 0.846. The molecular formula is C17H27NO2S. The minimum atomic E-state index is -0.451. The van der Waals surface area contributed by atoms with Crippen LogP contribution in [0.25, 0.3) is 0 Å². The number of hydrogen-bond donors (Lipinski definition) is 2. The molecule has 1 aromatic heterocycles. The van der Waals surface area contributed by atoms with E-state index in [0.29, 0.717) is 12.5 Å². The molecule has 2 N–H and O–H groups in total. The topological polar surface area (TPSA) is 49.3 Å². The van der Waals surface area contributed by atoms with E-state index in [4.69, 9.17) is 0 Å². The van der Waals surface area contributed by atoms with Gasteiger partial charge in [-0.25, -0.2) is 0 Å². The van der Waals surface area contributed by atoms with E-state index in [-0.39, 0.29) is 5.91 Å². The summed E-state index contributed by atoms with van der Waals surface area (Å²) in [5, 5.41) is 12.7. The van der Waals surface area contributed by atoms with Gasteiger partial charge in [0.1, 0.15) is 0 Å². The highest BCUT2D eigenvalue weighted by molar-refractivity contribution is 7.14. The molecule has 0 radical (unpaired) electrons. The molecule has 0 aliphatic heterocycles. The van der Waals surface area contributed by atoms with Crippen LogP contribution >= 0.6 is 11.3 Å². The second-order valence-corrected chi connectivity index (χ2v) is 7.71. The largest absolute Gasteiger partial charge is 0.391 e. The molecule has 0 aromatic carbocycles. The van der Waals surface area contributed by atoms with Gasteiger partial charge in [0.2, 0.25) is 0 Å². The molecule has 0 saturated heterocycles. The summed E-state index contributed by atoms with van der Waals surface area (Å²) < 4.78 is 0. The zero-order valence-electron chi connectivity index (χ0n) is 13.3. The van der Waals surface area contributed by atoms with Crippen LogP contribution in [0.2, 0.25) is 0 Å². The smallest absolute Gasteiger partial charge is 0.261 e. The third-order valence-corrected chi connectivity index (χ3v) is 5.46. The molecule has 1 amide bonds. The molecule has 1 aromatic rings. The van der Waals surface area contributed by atoms with Crippen LogP contribution in [0.1, 0.15) is 60.1 Å². The van der Waals surface area contributed by atoms with Crippen LogP contribution in [-0.2, 0) is 12.8 Å². The number of aryl methyl sites for hydroxylation is 1. The van der Waals surface area contributed by atoms with E-state index in [1.807, 2.05) is 0 Å². The minimum Gasteiger partial charge on any atom is -0.391 e. The van der Waals surface area contributed by atoms with E-state index >= 15 is 0 Å². The highest BCUT2D eigenvalue weighted by atomic mass is 32.1. The van der Waals surface area contributed by atoms with Gasteiger partial charge in [-0.05, 0) is 49.1 Å². The van der Waals surface area contributed by atoms with Crippen molar-refractivity contribution in [2.75, 3.05) is 6.54 Å². The average molecular weight is 309 g/mol. The van der Waals surface area contributed by atoms with Crippen molar-refractivity contribution in [3.05, 3.63) is 21.4 Å². The van der Waals surface area contributed by atoms with Crippen molar-refractivity contribution < 1.29 is 9.90 Å². The van der Waals surface area contributed by atoms with E-state index < -0.39 is 6.10 Å². The summed E-state index contributed by atoms with van der Waals surface area (Å²) in [6, 6.07) is 2.06. The summed E-state index contributed by atoms with van der Waals surface area (Å²) in [5.41, 5.74) is 1.37. The second kappa shape index (κ2) is 7.41. The minimum absolute atomic E-state index is 0.0368. The third kappa shape index (κ3) is 4.55. The fourth-order valence-electron chi connectivity index (χ4n) is 2.98. The van der Waals surface area contributed by atoms with Gasteiger partial charge in [-0.3, -0.25) is 4.79 Å². The van der Waals surface area contributed by atoms with Gasteiger partial charge in [0.05, 0.1) is 11.0 Å². The van der Waals surface area contributed by atoms with Crippen LogP contribution in [0.4, 0.5) is 0 Å². The standard InChI is InChI=1S/C17H27NO2S/c1-4-12-5-6-15-13(8-12)9-16(21-15)17(20)18-10-14(19)7-11(2)3/h9,11-12,14,19H,4-8,10H2,1-3H3,(H,18,20). The van der Waals surface area contributed by atoms with E-state index in [2.05, 4.69) is 32.2 Å². The number of fused-ring (bicyclic) bond motifs is 1. The van der Waals surface area contributed by atoms with E-state index in [0.717, 1.165) is 30.1 Å². The van der Waals surface area contributed by atoms with Crippen LogP contribution in [0, 0.1) is 11.8 Å². The molecule has 1 aliphatic rings. The number of aliphatic hydroxyl groups is 1. The molecule has 1 heterocycles. The number of hydrogen-bond acceptors (Lipinski definition) is 3. The Morgan fingerprint density at radius 3 is 2.95 bits per heavy atom. The van der Waals surface area contributed by atoms with Gasteiger partial charge in [0.25, 0.3) is 5.91 Å². The number of amides is 1. The normalized spacial score (nSPS) is 19.4. The Balaban J connectivity index is 1.90. The molecule has 2 rings (SSSR count). The summed E-state index contributed by atoms with van der Waals surface area (Å²) in [6.45, 7) is 6.73. The molecule has 4 heteroatoms. The van der Waals surface area contributed by atoms with E-state index in [9.17, 15) is 9.90 Å². The number of aliphatic hydroxyl groups excluding tert-OH is 1. The Bertz CT molecular complexity index is 481. The summed E-state index contributed by atoms with van der Waals surface area (Å²) in [5.74, 6) is 1.18. The van der Waals surface area contributed by atoms with Gasteiger partial charge in [-0.2, -0.15) is 0 Å². The Hall–Kier alpha value is -0.870. The van der Waals surface area contributed by atoms with E-state index in [1.165, 1.54) is 23.3 Å². The molecule has 3 nitrogen and oxygen atoms in total. The summed E-state index contributed by atoms with van der Waals surface area (Å²) in [6.07, 6.45) is 4.97. The zero-order chi connectivity index (χ0) is 15.4. The molecule has 1 aliphatic carbocycles. The van der Waals surface area contributed by atoms with E-state index in [1.54, 1.807) is 11.3 Å². The Morgan fingerprint density at radius 1 is 1.52 bits per heavy atom. The van der Waals surface area contributed by atoms with Crippen LogP contribution in [0.3, 0.4) is 0 Å². The molecule has 21 heavy (non-hydrogen) atoms. The lowest BCUT2D eigenvalue weighted by Crippen LogP contribution is -2.32. The van der Waals surface area contributed by atoms with Crippen molar-refractivity contribution >= 4 is 17.2 Å². The summed E-state index contributed by atoms with van der Waals surface area (Å²) in [7, 11) is 0. The lowest BCUT2D eigenvalue weighted by atomic mass is 9.87. The van der Waals surface area contributed by atoms with Crippen molar-refractivity contribution in [2.24, 2.45) is 11.8 Å². The van der Waals surface area contributed by atoms with Crippen LogP contribution < -0.4 is 5.32 Å². The van der Waals surface area contributed by atoms with Crippen molar-refractivity contribution in [1.29, 1.82) is 0 Å². The summed E-state index contributed by atoms with van der Waals surface area (Å²) >= 11 is 1.63. The molecule has 2 atom stereocenters. The Labute approximate surface area is 131 Å². The zero-order valence-corrected chi connectivity index (χ0v) is 14.1. The van der Waals surface area contributed by atoms with Gasteiger partial charge in [0.15, 0.2) is 0 Å². The SMILES string of the molecule is CCC1CCc2sc(C(=O)NCC(O)CC(C)C)cc2C1. The average Bonchev–Trinajstić information content (AvgIpc) is 2.86. The number of rotatable bonds is 6. The maximum Gasteiger partial charge on any atom is 0.261 e. The second-order valence-electron chi connectivity index (χ2n) is 6.57. The number of nitrogens with one attached hydrogen (secondary N) is 1. The first-order chi connectivity index (χ1) is 9.99. The monoisotopic (exact) mass is 309 g/mol. The fraction of sp³-hybridized carbons (Fsp3) is 0.706. The molecule has 0 saturated carbocycles. The molecule has 0 fully saturated rings. The first kappa shape index (κ1) is 16.5. The van der Waals surface area contributed by atoms with Crippen LogP contribution in [0.15, 0.2) is 6.07 Å². The van der Waals surface area contributed by atoms with Crippen molar-refractivity contribution in [1.82, 2.24) is 5.32 Å². The fourth-order valence-corrected chi connectivity index (χ4v) is 4.11. The highest BCUT2D eigenvalue weighted by Gasteiger charge is 2.22. The predicted molar refractivity (Wildman–Crippen MR) is 87.9 cm³/mol. The first-order valence-electron chi connectivity index (χ1n) is 8.07. The highest BCUT2D eigenvalue weighted by Crippen LogP contribution is 2.33. The van der Waals surface area contributed by atoms with Gasteiger partial charge < -0.3 is 10.4 Å². The van der Waals surface area contributed by atoms with Crippen LogP contribution in [-0.4, -0.2) is 23.7 Å². The molecule has 2 unspecified atom stereocenters. The Morgan fingerprint density at radius 2 is 2.29 bits per heavy atom. The lowest BCUT2D eigenvalue weighted by Gasteiger charge is -2.19. The van der Waals surface area contributed by atoms with Gasteiger partial charge in [-0.15, -0.1) is 11.3 Å². The number of carbonyl (C=O) groups is 1. The maximum absolute atomic E-state index is 12.2. The van der Waals surface area contributed by atoms with Crippen LogP contribution in [0.5, 0.6) is 0 Å². The van der Waals surface area contributed by atoms with Gasteiger partial charge in [-0.1, -0.05) is 27.2 Å². The Kier molecular flexibility index (Phi) is 5.82. The first-order valence-corrected chi connectivity index (χ1v) is 8.89. The van der Waals surface area contributed by atoms with Crippen molar-refractivity contribution in [3.63, 3.8) is 0 Å². The van der Waals surface area contributed by atoms with Gasteiger partial charge in [0, 0.05) is 11.4 Å². The number of thiophene rings is 1. The lowest BCUT2D eigenvalue weighted by molar-refractivity contribution is 0.0904. The number of carbonyl (C=O) groups excluding carboxylic acids is 1. The van der Waals surface area contributed by atoms with Gasteiger partial charge >= 0.3 is 0 Å². The third-order valence-electron chi connectivity index (χ3n) is 4.23. The van der Waals surface area contributed by atoms with Crippen molar-refractivity contribution in [2.45, 2.75) is 59.0 Å². The molecule has 118 valence electrons. The molecule has 0 bridgehead atoms. The molecular weight excluding hydrogens is 282 g/mol. The predicted octanol–water partition coefficient (Wildman–Crippen LogP) is 3.40. The van der Waals surface area contributed by atoms with Crippen molar-refractivity contribution in [3.8, 4) is 0 Å².